The maximum absolute atomic E-state index is 14.1. The Balaban J connectivity index is 1.26. The van der Waals surface area contributed by atoms with E-state index in [-0.39, 0.29) is 16.6 Å². The highest BCUT2D eigenvalue weighted by atomic mass is 35.5. The van der Waals surface area contributed by atoms with Crippen LogP contribution in [0.15, 0.2) is 114 Å². The first-order chi connectivity index (χ1) is 25.2. The summed E-state index contributed by atoms with van der Waals surface area (Å²) in [5.41, 5.74) is 3.32. The second kappa shape index (κ2) is 17.1. The van der Waals surface area contributed by atoms with Crippen LogP contribution in [0.25, 0.3) is 6.08 Å². The van der Waals surface area contributed by atoms with Gasteiger partial charge < -0.3 is 20.7 Å². The van der Waals surface area contributed by atoms with Crippen LogP contribution in [0.1, 0.15) is 60.4 Å². The third-order valence-corrected chi connectivity index (χ3v) is 11.6. The second-order valence-electron chi connectivity index (χ2n) is 11.8. The molecule has 1 unspecified atom stereocenters. The van der Waals surface area contributed by atoms with Crippen LogP contribution in [0, 0.1) is 0 Å². The second-order valence-corrected chi connectivity index (χ2v) is 14.9. The average molecular weight is 771 g/mol. The number of fused-ring (bicyclic) bond motifs is 1. The number of ether oxygens (including phenoxy) is 1. The first kappa shape index (κ1) is 36.9. The average Bonchev–Trinajstić information content (AvgIpc) is 3.53. The molecule has 1 aromatic heterocycles. The number of amides is 3. The zero-order valence-electron chi connectivity index (χ0n) is 27.9. The molecule has 1 atom stereocenters. The van der Waals surface area contributed by atoms with Crippen LogP contribution >= 0.6 is 46.3 Å². The summed E-state index contributed by atoms with van der Waals surface area (Å²) in [6.45, 7) is 0. The number of hydrogen-bond donors (Lipinski definition) is 3. The van der Waals surface area contributed by atoms with Gasteiger partial charge >= 0.3 is 5.97 Å². The predicted octanol–water partition coefficient (Wildman–Crippen LogP) is 9.60. The van der Waals surface area contributed by atoms with Crippen LogP contribution in [-0.2, 0) is 27.2 Å². The summed E-state index contributed by atoms with van der Waals surface area (Å²) in [5, 5.41) is 8.93. The summed E-state index contributed by atoms with van der Waals surface area (Å²) < 4.78 is 5.11. The van der Waals surface area contributed by atoms with E-state index in [1.165, 1.54) is 36.3 Å². The SMILES string of the molecule is COC(=O)c1c(NC(=O)C(Sc2cccc(NC(=O)/C(=C\c3cccc(Cl)c3Cl)NC(=O)c3ccccc3)c2)c2ccccc2)sc2c1CCCC2. The molecule has 0 spiro atoms. The molecule has 4 aromatic carbocycles. The quantitative estimate of drug-likeness (QED) is 0.0701. The lowest BCUT2D eigenvalue weighted by Gasteiger charge is -2.18. The summed E-state index contributed by atoms with van der Waals surface area (Å²) >= 11 is 15.4. The Bertz CT molecular complexity index is 2160. The molecule has 5 aromatic rings. The number of rotatable bonds is 11. The van der Waals surface area contributed by atoms with E-state index in [1.54, 1.807) is 66.7 Å². The van der Waals surface area contributed by atoms with Gasteiger partial charge in [-0.15, -0.1) is 23.1 Å². The summed E-state index contributed by atoms with van der Waals surface area (Å²) in [4.78, 5) is 55.6. The molecule has 0 fully saturated rings. The Kier molecular flexibility index (Phi) is 12.1. The van der Waals surface area contributed by atoms with E-state index in [0.717, 1.165) is 41.7 Å². The van der Waals surface area contributed by atoms with Crippen LogP contribution in [0.3, 0.4) is 0 Å². The van der Waals surface area contributed by atoms with E-state index >= 15 is 0 Å². The molecule has 0 aliphatic heterocycles. The number of thioether (sulfide) groups is 1. The molecule has 8 nitrogen and oxygen atoms in total. The fourth-order valence-electron chi connectivity index (χ4n) is 5.76. The van der Waals surface area contributed by atoms with Crippen LogP contribution < -0.4 is 16.0 Å². The van der Waals surface area contributed by atoms with Gasteiger partial charge in [-0.1, -0.05) is 89.9 Å². The van der Waals surface area contributed by atoms with Crippen molar-refractivity contribution in [3.63, 3.8) is 0 Å². The van der Waals surface area contributed by atoms with Crippen molar-refractivity contribution in [2.45, 2.75) is 35.8 Å². The molecule has 0 saturated carbocycles. The summed E-state index contributed by atoms with van der Waals surface area (Å²) in [5.74, 6) is -1.85. The largest absolute Gasteiger partial charge is 0.465 e. The van der Waals surface area contributed by atoms with Gasteiger partial charge in [-0.3, -0.25) is 14.4 Å². The number of carbonyl (C=O) groups is 4. The smallest absolute Gasteiger partial charge is 0.341 e. The lowest BCUT2D eigenvalue weighted by atomic mass is 9.95. The summed E-state index contributed by atoms with van der Waals surface area (Å²) in [6, 6.07) is 29.9. The van der Waals surface area contributed by atoms with E-state index in [4.69, 9.17) is 27.9 Å². The molecule has 3 amide bonds. The topological polar surface area (TPSA) is 114 Å². The molecule has 0 saturated heterocycles. The molecular weight excluding hydrogens is 737 g/mol. The highest BCUT2D eigenvalue weighted by Gasteiger charge is 2.30. The van der Waals surface area contributed by atoms with Crippen molar-refractivity contribution in [3.05, 3.63) is 152 Å². The molecule has 12 heteroatoms. The predicted molar refractivity (Wildman–Crippen MR) is 209 cm³/mol. The summed E-state index contributed by atoms with van der Waals surface area (Å²) in [6.07, 6.45) is 5.09. The van der Waals surface area contributed by atoms with Crippen LogP contribution in [-0.4, -0.2) is 30.8 Å². The number of esters is 1. The molecule has 1 heterocycles. The lowest BCUT2D eigenvalue weighted by molar-refractivity contribution is -0.116. The zero-order chi connectivity index (χ0) is 36.6. The molecule has 6 rings (SSSR count). The van der Waals surface area contributed by atoms with E-state index in [1.807, 2.05) is 36.4 Å². The number of benzene rings is 4. The van der Waals surface area contributed by atoms with Gasteiger partial charge in [-0.25, -0.2) is 4.79 Å². The van der Waals surface area contributed by atoms with E-state index in [9.17, 15) is 19.2 Å². The van der Waals surface area contributed by atoms with Crippen molar-refractivity contribution in [1.29, 1.82) is 0 Å². The monoisotopic (exact) mass is 769 g/mol. The van der Waals surface area contributed by atoms with Gasteiger partial charge in [0.25, 0.3) is 11.8 Å². The highest BCUT2D eigenvalue weighted by Crippen LogP contribution is 2.41. The maximum atomic E-state index is 14.1. The fraction of sp³-hybridized carbons (Fsp3) is 0.150. The van der Waals surface area contributed by atoms with Crippen molar-refractivity contribution in [1.82, 2.24) is 5.32 Å². The lowest BCUT2D eigenvalue weighted by Crippen LogP contribution is -2.30. The summed E-state index contributed by atoms with van der Waals surface area (Å²) in [7, 11) is 1.34. The Labute approximate surface area is 319 Å². The number of carbonyl (C=O) groups excluding carboxylic acids is 4. The van der Waals surface area contributed by atoms with Crippen molar-refractivity contribution >= 4 is 86.8 Å². The molecule has 52 heavy (non-hydrogen) atoms. The maximum Gasteiger partial charge on any atom is 0.341 e. The van der Waals surface area contributed by atoms with Gasteiger partial charge in [-0.2, -0.15) is 0 Å². The fourth-order valence-corrected chi connectivity index (χ4v) is 8.49. The number of methoxy groups -OCH3 is 1. The zero-order valence-corrected chi connectivity index (χ0v) is 31.1. The number of hydrogen-bond acceptors (Lipinski definition) is 7. The minimum Gasteiger partial charge on any atom is -0.465 e. The van der Waals surface area contributed by atoms with Crippen molar-refractivity contribution in [2.75, 3.05) is 17.7 Å². The van der Waals surface area contributed by atoms with Gasteiger partial charge in [0, 0.05) is 21.0 Å². The van der Waals surface area contributed by atoms with E-state index in [0.29, 0.717) is 37.3 Å². The molecule has 0 radical (unpaired) electrons. The minimum atomic E-state index is -0.706. The van der Waals surface area contributed by atoms with E-state index in [2.05, 4.69) is 16.0 Å². The standard InChI is InChI=1S/C40H33Cl2N3O5S2/c1-50-40(49)33-29-19-8-9-21-32(29)52-39(33)45-38(48)35(24-12-4-2-5-13-24)51-28-18-11-17-27(23-28)43-37(47)31(22-26-16-10-20-30(41)34(26)42)44-36(46)25-14-6-3-7-15-25/h2-7,10-18,20,22-23,35H,8-9,19,21H2,1H3,(H,43,47)(H,44,46)(H,45,48)/b31-22+. The molecule has 1 aliphatic rings. The minimum absolute atomic E-state index is 0.0577. The van der Waals surface area contributed by atoms with Gasteiger partial charge in [0.15, 0.2) is 0 Å². The molecule has 264 valence electrons. The van der Waals surface area contributed by atoms with Crippen molar-refractivity contribution in [2.24, 2.45) is 0 Å². The molecule has 0 bridgehead atoms. The normalized spacial score (nSPS) is 13.0. The van der Waals surface area contributed by atoms with Crippen molar-refractivity contribution < 1.29 is 23.9 Å². The van der Waals surface area contributed by atoms with Crippen LogP contribution in [0.2, 0.25) is 10.0 Å². The number of anilines is 2. The van der Waals surface area contributed by atoms with Crippen LogP contribution in [0.4, 0.5) is 10.7 Å². The van der Waals surface area contributed by atoms with Gasteiger partial charge in [-0.05, 0) is 84.8 Å². The van der Waals surface area contributed by atoms with Gasteiger partial charge in [0.05, 0.1) is 22.7 Å². The Morgan fingerprint density at radius 3 is 2.31 bits per heavy atom. The third-order valence-electron chi connectivity index (χ3n) is 8.29. The number of nitrogens with one attached hydrogen (secondary N) is 3. The number of aryl methyl sites for hydroxylation is 1. The first-order valence-corrected chi connectivity index (χ1v) is 18.9. The van der Waals surface area contributed by atoms with E-state index < -0.39 is 23.0 Å². The molecular formula is C40H33Cl2N3O5S2. The Hall–Kier alpha value is -4.87. The third kappa shape index (κ3) is 8.77. The Morgan fingerprint density at radius 2 is 1.56 bits per heavy atom. The molecule has 1 aliphatic carbocycles. The Morgan fingerprint density at radius 1 is 0.846 bits per heavy atom. The van der Waals surface area contributed by atoms with Gasteiger partial charge in [0.2, 0.25) is 5.91 Å². The van der Waals surface area contributed by atoms with Crippen LogP contribution in [0.5, 0.6) is 0 Å². The van der Waals surface area contributed by atoms with Gasteiger partial charge in [0.1, 0.15) is 15.9 Å². The highest BCUT2D eigenvalue weighted by molar-refractivity contribution is 8.00. The molecule has 3 N–H and O–H groups in total. The van der Waals surface area contributed by atoms with Crippen molar-refractivity contribution in [3.8, 4) is 0 Å². The number of halogens is 2. The first-order valence-electron chi connectivity index (χ1n) is 16.4. The number of thiophene rings is 1.